The summed E-state index contributed by atoms with van der Waals surface area (Å²) in [7, 11) is 9.84. The number of rotatable bonds is 7. The molecule has 0 aromatic heterocycles. The Hall–Kier alpha value is -0.160. The Labute approximate surface area is 135 Å². The van der Waals surface area contributed by atoms with Crippen LogP contribution in [0.2, 0.25) is 0 Å². The Balaban J connectivity index is -0.000000101. The Morgan fingerprint density at radius 3 is 1.33 bits per heavy atom. The van der Waals surface area contributed by atoms with Crippen LogP contribution in [0.4, 0.5) is 0 Å². The fraction of sp³-hybridized carbons (Fsp3) is 1.00. The zero-order chi connectivity index (χ0) is 17.5. The van der Waals surface area contributed by atoms with Gasteiger partial charge in [0.1, 0.15) is 0 Å². The normalized spacial score (nSPS) is 9.14. The molecule has 0 unspecified atom stereocenters. The van der Waals surface area contributed by atoms with E-state index in [0.717, 1.165) is 32.5 Å². The summed E-state index contributed by atoms with van der Waals surface area (Å²) in [5, 5.41) is 8.36. The van der Waals surface area contributed by atoms with E-state index in [9.17, 15) is 0 Å². The van der Waals surface area contributed by atoms with E-state index in [4.69, 9.17) is 9.84 Å². The Kier molecular flexibility index (Phi) is 44.0. The summed E-state index contributed by atoms with van der Waals surface area (Å²) in [6.45, 7) is 11.7. The first-order chi connectivity index (χ1) is 9.87. The van der Waals surface area contributed by atoms with Crippen LogP contribution >= 0.6 is 0 Å². The van der Waals surface area contributed by atoms with E-state index >= 15 is 0 Å². The molecule has 134 valence electrons. The van der Waals surface area contributed by atoms with E-state index in [0.29, 0.717) is 6.61 Å². The fourth-order valence-electron chi connectivity index (χ4n) is 0.814. The molecule has 0 aromatic carbocycles. The largest absolute Gasteiger partial charge is 0.396 e. The molecular formula is C17H44N2O2. The van der Waals surface area contributed by atoms with Crippen molar-refractivity contribution in [2.75, 3.05) is 61.6 Å². The quantitative estimate of drug-likeness (QED) is 0.732. The topological polar surface area (TPSA) is 35.9 Å². The van der Waals surface area contributed by atoms with Crippen LogP contribution in [0.1, 0.15) is 53.4 Å². The highest BCUT2D eigenvalue weighted by Gasteiger charge is 1.87. The van der Waals surface area contributed by atoms with Gasteiger partial charge in [-0.25, -0.2) is 0 Å². The number of hydrogen-bond donors (Lipinski definition) is 1. The highest BCUT2D eigenvalue weighted by atomic mass is 16.5. The Morgan fingerprint density at radius 2 is 1.14 bits per heavy atom. The fourth-order valence-corrected chi connectivity index (χ4v) is 0.814. The second-order valence-corrected chi connectivity index (χ2v) is 5.44. The third-order valence-electron chi connectivity index (χ3n) is 1.76. The van der Waals surface area contributed by atoms with Crippen LogP contribution in [0.5, 0.6) is 0 Å². The monoisotopic (exact) mass is 308 g/mol. The molecule has 4 heteroatoms. The molecule has 0 bridgehead atoms. The second-order valence-electron chi connectivity index (χ2n) is 5.44. The maximum atomic E-state index is 8.36. The molecule has 0 aliphatic carbocycles. The molecule has 0 aliphatic rings. The van der Waals surface area contributed by atoms with E-state index in [1.165, 1.54) is 12.8 Å². The molecule has 0 saturated carbocycles. The van der Waals surface area contributed by atoms with Gasteiger partial charge in [0.05, 0.1) is 6.61 Å². The van der Waals surface area contributed by atoms with Gasteiger partial charge in [-0.1, -0.05) is 40.5 Å². The van der Waals surface area contributed by atoms with E-state index < -0.39 is 0 Å². The van der Waals surface area contributed by atoms with Gasteiger partial charge in [0.2, 0.25) is 0 Å². The maximum Gasteiger partial charge on any atom is 0.0589 e. The minimum Gasteiger partial charge on any atom is -0.396 e. The first-order valence-corrected chi connectivity index (χ1v) is 8.26. The number of ether oxygens (including phenoxy) is 1. The summed E-state index contributed by atoms with van der Waals surface area (Å²) in [5.41, 5.74) is 0. The molecule has 0 amide bonds. The molecule has 0 fully saturated rings. The number of likely N-dealkylation sites (N-methyl/N-ethyl adjacent to an activating group) is 1. The van der Waals surface area contributed by atoms with Gasteiger partial charge in [-0.3, -0.25) is 0 Å². The van der Waals surface area contributed by atoms with Crippen molar-refractivity contribution in [3.63, 3.8) is 0 Å². The Bertz CT molecular complexity index is 130. The number of unbranched alkanes of at least 4 members (excludes halogenated alkanes) is 1. The number of aliphatic hydroxyl groups is 1. The molecule has 0 atom stereocenters. The van der Waals surface area contributed by atoms with E-state index in [2.05, 4.69) is 37.5 Å². The minimum atomic E-state index is 0.327. The molecule has 1 N–H and O–H groups in total. The van der Waals surface area contributed by atoms with Crippen molar-refractivity contribution in [3.05, 3.63) is 0 Å². The van der Waals surface area contributed by atoms with Crippen LogP contribution in [0.25, 0.3) is 0 Å². The van der Waals surface area contributed by atoms with Crippen LogP contribution < -0.4 is 0 Å². The first kappa shape index (κ1) is 28.9. The average molecular weight is 309 g/mol. The van der Waals surface area contributed by atoms with Crippen molar-refractivity contribution >= 4 is 0 Å². The van der Waals surface area contributed by atoms with Crippen LogP contribution in [0, 0.1) is 0 Å². The summed E-state index contributed by atoms with van der Waals surface area (Å²) in [6.07, 6.45) is 4.53. The molecule has 0 aliphatic heterocycles. The molecule has 0 radical (unpaired) electrons. The number of methoxy groups -OCH3 is 1. The summed E-state index contributed by atoms with van der Waals surface area (Å²) >= 11 is 0. The van der Waals surface area contributed by atoms with Crippen molar-refractivity contribution in [1.82, 2.24) is 9.80 Å². The predicted octanol–water partition coefficient (Wildman–Crippen LogP) is 3.35. The maximum absolute atomic E-state index is 8.36. The lowest BCUT2D eigenvalue weighted by atomic mass is 10.3. The SMILES string of the molecule is CCC.CCC.CN(C)CCCCO.COCCN(C)C. The zero-order valence-electron chi connectivity index (χ0n) is 16.4. The van der Waals surface area contributed by atoms with E-state index in [-0.39, 0.29) is 0 Å². The highest BCUT2D eigenvalue weighted by molar-refractivity contribution is 4.42. The van der Waals surface area contributed by atoms with Gasteiger partial charge in [-0.15, -0.1) is 0 Å². The predicted molar refractivity (Wildman–Crippen MR) is 97.2 cm³/mol. The standard InChI is InChI=1S/C6H15NO.C5H13NO.2C3H8/c1-7(2)5-3-4-6-8;1-6(2)4-5-7-3;2*1-3-2/h8H,3-6H2,1-2H3;4-5H2,1-3H3;2*3H2,1-2H3. The van der Waals surface area contributed by atoms with Gasteiger partial charge in [-0.05, 0) is 47.6 Å². The third-order valence-corrected chi connectivity index (χ3v) is 1.76. The summed E-state index contributed by atoms with van der Waals surface area (Å²) in [6, 6.07) is 0. The molecule has 21 heavy (non-hydrogen) atoms. The van der Waals surface area contributed by atoms with Crippen molar-refractivity contribution < 1.29 is 9.84 Å². The number of hydrogen-bond acceptors (Lipinski definition) is 4. The zero-order valence-corrected chi connectivity index (χ0v) is 16.4. The van der Waals surface area contributed by atoms with Gasteiger partial charge in [0.15, 0.2) is 0 Å². The van der Waals surface area contributed by atoms with E-state index in [1.807, 2.05) is 28.2 Å². The summed E-state index contributed by atoms with van der Waals surface area (Å²) < 4.78 is 4.81. The Morgan fingerprint density at radius 1 is 0.762 bits per heavy atom. The van der Waals surface area contributed by atoms with E-state index in [1.54, 1.807) is 7.11 Å². The number of aliphatic hydroxyl groups excluding tert-OH is 1. The van der Waals surface area contributed by atoms with Gasteiger partial charge in [0.25, 0.3) is 0 Å². The highest BCUT2D eigenvalue weighted by Crippen LogP contribution is 1.87. The average Bonchev–Trinajstić information content (AvgIpc) is 2.39. The first-order valence-electron chi connectivity index (χ1n) is 8.26. The summed E-state index contributed by atoms with van der Waals surface area (Å²) in [4.78, 5) is 4.21. The van der Waals surface area contributed by atoms with Gasteiger partial charge in [-0.2, -0.15) is 0 Å². The van der Waals surface area contributed by atoms with Gasteiger partial charge >= 0.3 is 0 Å². The summed E-state index contributed by atoms with van der Waals surface area (Å²) in [5.74, 6) is 0. The smallest absolute Gasteiger partial charge is 0.0589 e. The van der Waals surface area contributed by atoms with Crippen molar-refractivity contribution in [2.45, 2.75) is 53.4 Å². The lowest BCUT2D eigenvalue weighted by molar-refractivity contribution is 0.172. The number of nitrogens with zero attached hydrogens (tertiary/aromatic N) is 2. The van der Waals surface area contributed by atoms with Crippen molar-refractivity contribution in [2.24, 2.45) is 0 Å². The minimum absolute atomic E-state index is 0.327. The van der Waals surface area contributed by atoms with Crippen LogP contribution in [0.15, 0.2) is 0 Å². The van der Waals surface area contributed by atoms with Crippen LogP contribution in [-0.2, 0) is 4.74 Å². The lowest BCUT2D eigenvalue weighted by Gasteiger charge is -2.06. The van der Waals surface area contributed by atoms with Gasteiger partial charge < -0.3 is 19.6 Å². The molecule has 0 saturated heterocycles. The molecule has 0 spiro atoms. The molecule has 4 nitrogen and oxygen atoms in total. The lowest BCUT2D eigenvalue weighted by Crippen LogP contribution is -2.16. The molecule has 0 rings (SSSR count). The van der Waals surface area contributed by atoms with Gasteiger partial charge in [0, 0.05) is 20.3 Å². The van der Waals surface area contributed by atoms with Crippen molar-refractivity contribution in [1.29, 1.82) is 0 Å². The molecular weight excluding hydrogens is 264 g/mol. The molecule has 0 aromatic rings. The van der Waals surface area contributed by atoms with Crippen LogP contribution in [0.3, 0.4) is 0 Å². The molecule has 0 heterocycles. The van der Waals surface area contributed by atoms with Crippen molar-refractivity contribution in [3.8, 4) is 0 Å². The third kappa shape index (κ3) is 80.8. The van der Waals surface area contributed by atoms with Crippen LogP contribution in [-0.4, -0.2) is 76.5 Å². The second kappa shape index (κ2) is 32.0.